The first kappa shape index (κ1) is 15.0. The van der Waals surface area contributed by atoms with Gasteiger partial charge in [0.15, 0.2) is 0 Å². The van der Waals surface area contributed by atoms with Crippen LogP contribution in [0.2, 0.25) is 0 Å². The highest BCUT2D eigenvalue weighted by molar-refractivity contribution is 9.11. The van der Waals surface area contributed by atoms with Crippen molar-refractivity contribution in [3.05, 3.63) is 32.7 Å². The Hall–Kier alpha value is -0.390. The number of carbonyl (C=O) groups excluding carboxylic acids is 1. The van der Waals surface area contributed by atoms with Gasteiger partial charge < -0.3 is 10.4 Å². The molecule has 0 unspecified atom stereocenters. The van der Waals surface area contributed by atoms with Crippen molar-refractivity contribution < 1.29 is 9.90 Å². The first-order valence-corrected chi connectivity index (χ1v) is 8.06. The number of aliphatic hydroxyl groups is 1. The lowest BCUT2D eigenvalue weighted by molar-refractivity contribution is 0.0909. The summed E-state index contributed by atoms with van der Waals surface area (Å²) in [6, 6.07) is 5.52. The van der Waals surface area contributed by atoms with Gasteiger partial charge in [0.1, 0.15) is 0 Å². The molecule has 1 aromatic rings. The van der Waals surface area contributed by atoms with Crippen molar-refractivity contribution in [2.24, 2.45) is 5.92 Å². The van der Waals surface area contributed by atoms with E-state index in [9.17, 15) is 9.90 Å². The van der Waals surface area contributed by atoms with Gasteiger partial charge in [-0.2, -0.15) is 0 Å². The van der Waals surface area contributed by atoms with Gasteiger partial charge in [-0.3, -0.25) is 4.79 Å². The second-order valence-electron chi connectivity index (χ2n) is 5.01. The Balaban J connectivity index is 1.87. The van der Waals surface area contributed by atoms with Crippen LogP contribution >= 0.6 is 31.9 Å². The second-order valence-corrected chi connectivity index (χ2v) is 6.78. The number of aliphatic hydroxyl groups excluding tert-OH is 1. The maximum absolute atomic E-state index is 12.1. The van der Waals surface area contributed by atoms with Crippen LogP contribution in [0.15, 0.2) is 27.1 Å². The highest BCUT2D eigenvalue weighted by Crippen LogP contribution is 2.24. The lowest BCUT2D eigenvalue weighted by Gasteiger charge is -2.25. The Kier molecular flexibility index (Phi) is 5.42. The monoisotopic (exact) mass is 389 g/mol. The molecule has 1 amide bonds. The molecule has 0 saturated heterocycles. The molecule has 0 aromatic heterocycles. The third-order valence-electron chi connectivity index (χ3n) is 3.54. The fourth-order valence-electron chi connectivity index (χ4n) is 2.35. The van der Waals surface area contributed by atoms with E-state index in [4.69, 9.17) is 0 Å². The summed E-state index contributed by atoms with van der Waals surface area (Å²) in [5, 5.41) is 12.4. The van der Waals surface area contributed by atoms with E-state index in [2.05, 4.69) is 37.2 Å². The van der Waals surface area contributed by atoms with Gasteiger partial charge in [-0.05, 0) is 65.7 Å². The molecular weight excluding hydrogens is 374 g/mol. The Morgan fingerprint density at radius 1 is 1.26 bits per heavy atom. The number of hydrogen-bond donors (Lipinski definition) is 2. The van der Waals surface area contributed by atoms with Gasteiger partial charge in [0, 0.05) is 15.5 Å². The number of carbonyl (C=O) groups is 1. The molecule has 0 heterocycles. The lowest BCUT2D eigenvalue weighted by Crippen LogP contribution is -2.32. The number of benzene rings is 1. The molecule has 3 nitrogen and oxygen atoms in total. The average Bonchev–Trinajstić information content (AvgIpc) is 2.37. The van der Waals surface area contributed by atoms with Crippen LogP contribution in [0.4, 0.5) is 0 Å². The largest absolute Gasteiger partial charge is 0.393 e. The van der Waals surface area contributed by atoms with Gasteiger partial charge >= 0.3 is 0 Å². The summed E-state index contributed by atoms with van der Waals surface area (Å²) in [6.07, 6.45) is 3.53. The maximum atomic E-state index is 12.1. The van der Waals surface area contributed by atoms with Gasteiger partial charge in [0.2, 0.25) is 0 Å². The van der Waals surface area contributed by atoms with Gasteiger partial charge in [-0.1, -0.05) is 15.9 Å². The number of halogens is 2. The van der Waals surface area contributed by atoms with Crippen LogP contribution in [0.1, 0.15) is 36.0 Å². The summed E-state index contributed by atoms with van der Waals surface area (Å²) < 4.78 is 1.73. The zero-order chi connectivity index (χ0) is 13.8. The molecule has 0 radical (unpaired) electrons. The van der Waals surface area contributed by atoms with Crippen molar-refractivity contribution in [1.82, 2.24) is 5.32 Å². The number of amides is 1. The van der Waals surface area contributed by atoms with E-state index in [0.717, 1.165) is 34.6 Å². The van der Waals surface area contributed by atoms with Crippen LogP contribution < -0.4 is 5.32 Å². The molecule has 0 spiro atoms. The first-order valence-electron chi connectivity index (χ1n) is 6.47. The zero-order valence-electron chi connectivity index (χ0n) is 10.5. The van der Waals surface area contributed by atoms with Crippen LogP contribution in [0.3, 0.4) is 0 Å². The van der Waals surface area contributed by atoms with E-state index in [-0.39, 0.29) is 12.0 Å². The fraction of sp³-hybridized carbons (Fsp3) is 0.500. The standard InChI is InChI=1S/C14H17Br2NO2/c15-10-3-6-12(13(16)7-10)14(19)17-8-9-1-4-11(18)5-2-9/h3,6-7,9,11,18H,1-2,4-5,8H2,(H,17,19). The lowest BCUT2D eigenvalue weighted by atomic mass is 9.87. The Bertz CT molecular complexity index is 457. The van der Waals surface area contributed by atoms with Gasteiger partial charge in [0.05, 0.1) is 11.7 Å². The van der Waals surface area contributed by atoms with E-state index < -0.39 is 0 Å². The Morgan fingerprint density at radius 2 is 1.95 bits per heavy atom. The highest BCUT2D eigenvalue weighted by Gasteiger charge is 2.20. The molecule has 0 atom stereocenters. The van der Waals surface area contributed by atoms with Crippen molar-refractivity contribution in [1.29, 1.82) is 0 Å². The van der Waals surface area contributed by atoms with E-state index in [1.807, 2.05) is 12.1 Å². The third-order valence-corrected chi connectivity index (χ3v) is 4.69. The minimum Gasteiger partial charge on any atom is -0.393 e. The number of nitrogens with one attached hydrogen (secondary N) is 1. The Labute approximate surface area is 130 Å². The SMILES string of the molecule is O=C(NCC1CCC(O)CC1)c1ccc(Br)cc1Br. The zero-order valence-corrected chi connectivity index (χ0v) is 13.7. The maximum Gasteiger partial charge on any atom is 0.252 e. The minimum absolute atomic E-state index is 0.0505. The average molecular weight is 391 g/mol. The molecule has 19 heavy (non-hydrogen) atoms. The van der Waals surface area contributed by atoms with Crippen LogP contribution in [-0.4, -0.2) is 23.7 Å². The second kappa shape index (κ2) is 6.86. The summed E-state index contributed by atoms with van der Waals surface area (Å²) in [7, 11) is 0. The topological polar surface area (TPSA) is 49.3 Å². The van der Waals surface area contributed by atoms with Gasteiger partial charge in [-0.15, -0.1) is 0 Å². The fourth-order valence-corrected chi connectivity index (χ4v) is 3.58. The van der Waals surface area contributed by atoms with E-state index in [0.29, 0.717) is 18.0 Å². The molecule has 104 valence electrons. The molecule has 1 aliphatic carbocycles. The smallest absolute Gasteiger partial charge is 0.252 e. The van der Waals surface area contributed by atoms with Crippen LogP contribution in [-0.2, 0) is 0 Å². The minimum atomic E-state index is -0.146. The predicted octanol–water partition coefficient (Wildman–Crippen LogP) is 3.49. The predicted molar refractivity (Wildman–Crippen MR) is 82.1 cm³/mol. The molecule has 5 heteroatoms. The molecule has 0 aliphatic heterocycles. The van der Waals surface area contributed by atoms with E-state index in [1.54, 1.807) is 6.07 Å². The van der Waals surface area contributed by atoms with E-state index in [1.165, 1.54) is 0 Å². The molecule has 1 fully saturated rings. The quantitative estimate of drug-likeness (QED) is 0.829. The van der Waals surface area contributed by atoms with Crippen molar-refractivity contribution in [3.63, 3.8) is 0 Å². The Morgan fingerprint density at radius 3 is 2.58 bits per heavy atom. The van der Waals surface area contributed by atoms with Crippen LogP contribution in [0, 0.1) is 5.92 Å². The first-order chi connectivity index (χ1) is 9.06. The van der Waals surface area contributed by atoms with Crippen molar-refractivity contribution in [2.75, 3.05) is 6.54 Å². The van der Waals surface area contributed by atoms with Gasteiger partial charge in [0.25, 0.3) is 5.91 Å². The summed E-state index contributed by atoms with van der Waals surface area (Å²) >= 11 is 6.76. The molecule has 2 rings (SSSR count). The van der Waals surface area contributed by atoms with Crippen LogP contribution in [0.5, 0.6) is 0 Å². The van der Waals surface area contributed by atoms with Crippen LogP contribution in [0.25, 0.3) is 0 Å². The van der Waals surface area contributed by atoms with Crippen molar-refractivity contribution >= 4 is 37.8 Å². The van der Waals surface area contributed by atoms with Crippen molar-refractivity contribution in [3.8, 4) is 0 Å². The molecule has 1 aliphatic rings. The highest BCUT2D eigenvalue weighted by atomic mass is 79.9. The molecule has 1 saturated carbocycles. The molecular formula is C14H17Br2NO2. The third kappa shape index (κ3) is 4.29. The van der Waals surface area contributed by atoms with Crippen molar-refractivity contribution in [2.45, 2.75) is 31.8 Å². The number of hydrogen-bond acceptors (Lipinski definition) is 2. The molecule has 2 N–H and O–H groups in total. The van der Waals surface area contributed by atoms with Gasteiger partial charge in [-0.25, -0.2) is 0 Å². The summed E-state index contributed by atoms with van der Waals surface area (Å²) in [5.41, 5.74) is 0.652. The normalized spacial score (nSPS) is 23.1. The molecule has 1 aromatic carbocycles. The molecule has 0 bridgehead atoms. The summed E-state index contributed by atoms with van der Waals surface area (Å²) in [5.74, 6) is 0.437. The van der Waals surface area contributed by atoms with E-state index >= 15 is 0 Å². The summed E-state index contributed by atoms with van der Waals surface area (Å²) in [4.78, 5) is 12.1. The summed E-state index contributed by atoms with van der Waals surface area (Å²) in [6.45, 7) is 0.689. The number of rotatable bonds is 3.